The summed E-state index contributed by atoms with van der Waals surface area (Å²) >= 11 is 7.59. The van der Waals surface area contributed by atoms with Gasteiger partial charge in [-0.3, -0.25) is 9.59 Å². The molecular formula is C21H17ClN2O4S. The average molecular weight is 429 g/mol. The van der Waals surface area contributed by atoms with E-state index in [9.17, 15) is 9.59 Å². The number of hydrogen-bond donors (Lipinski definition) is 2. The second kappa shape index (κ2) is 8.55. The highest BCUT2D eigenvalue weighted by atomic mass is 35.5. The van der Waals surface area contributed by atoms with Crippen LogP contribution in [-0.2, 0) is 6.54 Å². The lowest BCUT2D eigenvalue weighted by Gasteiger charge is -2.20. The van der Waals surface area contributed by atoms with Crippen LogP contribution in [0.2, 0.25) is 5.02 Å². The number of thiophene rings is 1. The molecule has 0 unspecified atom stereocenters. The Hall–Kier alpha value is -3.03. The van der Waals surface area contributed by atoms with Crippen molar-refractivity contribution >= 4 is 40.4 Å². The number of fused-ring (bicyclic) bond motifs is 1. The van der Waals surface area contributed by atoms with Crippen molar-refractivity contribution in [3.8, 4) is 11.5 Å². The van der Waals surface area contributed by atoms with Gasteiger partial charge in [0.1, 0.15) is 13.2 Å². The number of anilines is 1. The van der Waals surface area contributed by atoms with E-state index in [1.54, 1.807) is 36.4 Å². The molecule has 0 aliphatic carbocycles. The van der Waals surface area contributed by atoms with Crippen LogP contribution < -0.4 is 20.1 Å². The first-order valence-electron chi connectivity index (χ1n) is 8.91. The number of carbonyl (C=O) groups excluding carboxylic acids is 2. The van der Waals surface area contributed by atoms with Gasteiger partial charge >= 0.3 is 0 Å². The van der Waals surface area contributed by atoms with Crippen molar-refractivity contribution in [2.24, 2.45) is 0 Å². The summed E-state index contributed by atoms with van der Waals surface area (Å²) in [6.45, 7) is 1.23. The highest BCUT2D eigenvalue weighted by Crippen LogP contribution is 2.38. The van der Waals surface area contributed by atoms with E-state index in [0.29, 0.717) is 52.4 Å². The number of hydrogen-bond acceptors (Lipinski definition) is 5. The maximum absolute atomic E-state index is 12.4. The molecule has 1 aromatic heterocycles. The minimum atomic E-state index is -0.229. The fraction of sp³-hybridized carbons (Fsp3) is 0.143. The molecule has 2 N–H and O–H groups in total. The summed E-state index contributed by atoms with van der Waals surface area (Å²) in [5, 5.41) is 7.96. The Labute approximate surface area is 176 Å². The summed E-state index contributed by atoms with van der Waals surface area (Å²) in [4.78, 5) is 25.1. The number of ether oxygens (including phenoxy) is 2. The molecule has 148 valence electrons. The van der Waals surface area contributed by atoms with E-state index in [4.69, 9.17) is 21.1 Å². The van der Waals surface area contributed by atoms with Crippen molar-refractivity contribution in [1.29, 1.82) is 0 Å². The summed E-state index contributed by atoms with van der Waals surface area (Å²) in [5.41, 5.74) is 1.92. The number of nitrogens with one attached hydrogen (secondary N) is 2. The van der Waals surface area contributed by atoms with Gasteiger partial charge in [0.15, 0.2) is 11.5 Å². The van der Waals surface area contributed by atoms with E-state index in [-0.39, 0.29) is 11.8 Å². The minimum Gasteiger partial charge on any atom is -0.486 e. The average Bonchev–Trinajstić information content (AvgIpc) is 3.28. The molecule has 1 aliphatic heterocycles. The van der Waals surface area contributed by atoms with Crippen LogP contribution in [0.25, 0.3) is 0 Å². The Morgan fingerprint density at radius 3 is 2.59 bits per heavy atom. The van der Waals surface area contributed by atoms with Gasteiger partial charge in [0, 0.05) is 17.8 Å². The molecule has 0 saturated heterocycles. The van der Waals surface area contributed by atoms with Crippen molar-refractivity contribution < 1.29 is 19.1 Å². The SMILES string of the molecule is O=C(NCc1cc(Cl)c2c(c1)OCCO2)c1ccc(NC(=O)c2cccs2)cc1. The summed E-state index contributed by atoms with van der Waals surface area (Å²) < 4.78 is 11.0. The molecule has 0 fully saturated rings. The van der Waals surface area contributed by atoms with Gasteiger partial charge in [-0.05, 0) is 53.4 Å². The second-order valence-corrected chi connectivity index (χ2v) is 7.65. The monoisotopic (exact) mass is 428 g/mol. The number of halogens is 1. The lowest BCUT2D eigenvalue weighted by Crippen LogP contribution is -2.23. The van der Waals surface area contributed by atoms with Gasteiger partial charge in [0.2, 0.25) is 0 Å². The molecule has 3 aromatic rings. The third kappa shape index (κ3) is 4.52. The molecule has 0 saturated carbocycles. The lowest BCUT2D eigenvalue weighted by molar-refractivity contribution is 0.0950. The van der Waals surface area contributed by atoms with Gasteiger partial charge in [-0.15, -0.1) is 11.3 Å². The third-order valence-electron chi connectivity index (χ3n) is 4.26. The zero-order chi connectivity index (χ0) is 20.2. The van der Waals surface area contributed by atoms with Gasteiger partial charge in [-0.25, -0.2) is 0 Å². The van der Waals surface area contributed by atoms with E-state index < -0.39 is 0 Å². The first-order valence-corrected chi connectivity index (χ1v) is 10.2. The smallest absolute Gasteiger partial charge is 0.265 e. The zero-order valence-corrected chi connectivity index (χ0v) is 16.8. The van der Waals surface area contributed by atoms with Crippen molar-refractivity contribution in [1.82, 2.24) is 5.32 Å². The summed E-state index contributed by atoms with van der Waals surface area (Å²) in [6.07, 6.45) is 0. The number of carbonyl (C=O) groups is 2. The quantitative estimate of drug-likeness (QED) is 0.633. The highest BCUT2D eigenvalue weighted by Gasteiger charge is 2.17. The van der Waals surface area contributed by atoms with Gasteiger partial charge < -0.3 is 20.1 Å². The molecule has 2 heterocycles. The van der Waals surface area contributed by atoms with Crippen LogP contribution in [0.5, 0.6) is 11.5 Å². The third-order valence-corrected chi connectivity index (χ3v) is 5.41. The van der Waals surface area contributed by atoms with Crippen molar-refractivity contribution in [3.63, 3.8) is 0 Å². The predicted molar refractivity (Wildman–Crippen MR) is 112 cm³/mol. The molecule has 29 heavy (non-hydrogen) atoms. The molecule has 1 aliphatic rings. The molecule has 0 radical (unpaired) electrons. The Morgan fingerprint density at radius 1 is 1.03 bits per heavy atom. The molecule has 8 heteroatoms. The summed E-state index contributed by atoms with van der Waals surface area (Å²) in [5.74, 6) is 0.715. The Balaban J connectivity index is 1.36. The molecule has 6 nitrogen and oxygen atoms in total. The standard InChI is InChI=1S/C21H17ClN2O4S/c22-16-10-13(11-17-19(16)28-8-7-27-17)12-23-20(25)14-3-5-15(6-4-14)24-21(26)18-2-1-9-29-18/h1-6,9-11H,7-8,12H2,(H,23,25)(H,24,26). The van der Waals surface area contributed by atoms with Crippen LogP contribution in [0.1, 0.15) is 25.6 Å². The molecule has 0 bridgehead atoms. The van der Waals surface area contributed by atoms with Crippen LogP contribution in [0.4, 0.5) is 5.69 Å². The van der Waals surface area contributed by atoms with Crippen LogP contribution in [0.3, 0.4) is 0 Å². The van der Waals surface area contributed by atoms with E-state index in [1.807, 2.05) is 17.5 Å². The van der Waals surface area contributed by atoms with E-state index in [0.717, 1.165) is 5.56 Å². The topological polar surface area (TPSA) is 76.7 Å². The molecular weight excluding hydrogens is 412 g/mol. The molecule has 0 spiro atoms. The fourth-order valence-corrected chi connectivity index (χ4v) is 3.76. The number of rotatable bonds is 5. The summed E-state index contributed by atoms with van der Waals surface area (Å²) in [6, 6.07) is 13.9. The maximum atomic E-state index is 12.4. The Kier molecular flexibility index (Phi) is 5.69. The fourth-order valence-electron chi connectivity index (χ4n) is 2.86. The van der Waals surface area contributed by atoms with Crippen LogP contribution in [0.15, 0.2) is 53.9 Å². The number of benzene rings is 2. The van der Waals surface area contributed by atoms with Crippen molar-refractivity contribution in [2.75, 3.05) is 18.5 Å². The first kappa shape index (κ1) is 19.3. The summed E-state index contributed by atoms with van der Waals surface area (Å²) in [7, 11) is 0. The van der Waals surface area contributed by atoms with E-state index >= 15 is 0 Å². The normalized spacial score (nSPS) is 12.3. The first-order chi connectivity index (χ1) is 14.1. The van der Waals surface area contributed by atoms with E-state index in [2.05, 4.69) is 10.6 Å². The van der Waals surface area contributed by atoms with Gasteiger partial charge in [-0.2, -0.15) is 0 Å². The van der Waals surface area contributed by atoms with Crippen molar-refractivity contribution in [2.45, 2.75) is 6.54 Å². The molecule has 2 aromatic carbocycles. The van der Waals surface area contributed by atoms with Gasteiger partial charge in [0.25, 0.3) is 11.8 Å². The van der Waals surface area contributed by atoms with Crippen LogP contribution in [0, 0.1) is 0 Å². The zero-order valence-electron chi connectivity index (χ0n) is 15.2. The van der Waals surface area contributed by atoms with Crippen molar-refractivity contribution in [3.05, 3.63) is 74.9 Å². The number of amides is 2. The second-order valence-electron chi connectivity index (χ2n) is 6.29. The van der Waals surface area contributed by atoms with Gasteiger partial charge in [0.05, 0.1) is 9.90 Å². The minimum absolute atomic E-state index is 0.173. The van der Waals surface area contributed by atoms with Crippen LogP contribution >= 0.6 is 22.9 Å². The Morgan fingerprint density at radius 2 is 1.83 bits per heavy atom. The van der Waals surface area contributed by atoms with Gasteiger partial charge in [-0.1, -0.05) is 17.7 Å². The lowest BCUT2D eigenvalue weighted by atomic mass is 10.1. The predicted octanol–water partition coefficient (Wildman–Crippen LogP) is 4.36. The molecule has 0 atom stereocenters. The molecule has 2 amide bonds. The highest BCUT2D eigenvalue weighted by molar-refractivity contribution is 7.12. The van der Waals surface area contributed by atoms with E-state index in [1.165, 1.54) is 11.3 Å². The maximum Gasteiger partial charge on any atom is 0.265 e. The molecule has 4 rings (SSSR count). The van der Waals surface area contributed by atoms with Crippen LogP contribution in [-0.4, -0.2) is 25.0 Å². The largest absolute Gasteiger partial charge is 0.486 e. The Bertz CT molecular complexity index is 1040.